The van der Waals surface area contributed by atoms with E-state index in [0.717, 1.165) is 20.2 Å². The van der Waals surface area contributed by atoms with Gasteiger partial charge in [-0.3, -0.25) is 18.6 Å². The fourth-order valence-corrected chi connectivity index (χ4v) is 6.18. The van der Waals surface area contributed by atoms with Crippen LogP contribution in [0.25, 0.3) is 11.3 Å². The van der Waals surface area contributed by atoms with Crippen LogP contribution in [0.4, 0.5) is 11.4 Å². The molecule has 2 aliphatic rings. The van der Waals surface area contributed by atoms with Gasteiger partial charge in [-0.25, -0.2) is 19.0 Å². The molecule has 8 rings (SSSR count). The van der Waals surface area contributed by atoms with E-state index in [2.05, 4.69) is 10.2 Å². The largest absolute Gasteiger partial charge is 0.369 e. The van der Waals surface area contributed by atoms with Crippen molar-refractivity contribution < 1.29 is 16.4 Å². The van der Waals surface area contributed by atoms with Gasteiger partial charge < -0.3 is 9.80 Å². The number of nitrogens with zero attached hydrogens (tertiary/aromatic N) is 10. The summed E-state index contributed by atoms with van der Waals surface area (Å²) in [6.07, 6.45) is -3.40. The first-order valence-electron chi connectivity index (χ1n) is 22.6. The van der Waals surface area contributed by atoms with Crippen molar-refractivity contribution in [1.82, 2.24) is 38.2 Å². The molecule has 2 fully saturated rings. The number of hydrogen-bond donors (Lipinski definition) is 0. The maximum atomic E-state index is 12.7. The Morgan fingerprint density at radius 1 is 0.547 bits per heavy atom. The van der Waals surface area contributed by atoms with E-state index in [4.69, 9.17) is 39.7 Å². The Balaban J connectivity index is 0.000000212. The average Bonchev–Trinajstić information content (AvgIpc) is 3.80. The molecule has 0 saturated carbocycles. The highest BCUT2D eigenvalue weighted by atomic mass is 35.5. The van der Waals surface area contributed by atoms with Crippen molar-refractivity contribution in [1.29, 1.82) is 0 Å². The monoisotopic (exact) mass is 790 g/mol. The highest BCUT2D eigenvalue weighted by molar-refractivity contribution is 6.31. The fraction of sp³-hybridized carbons (Fsp3) is 0.368. The molecule has 15 heteroatoms. The first-order valence-corrected chi connectivity index (χ1v) is 17.3. The van der Waals surface area contributed by atoms with Crippen molar-refractivity contribution in [3.8, 4) is 0 Å². The summed E-state index contributed by atoms with van der Waals surface area (Å²) in [5.74, 6) is 0. The highest BCUT2D eigenvalue weighted by Crippen LogP contribution is 2.22. The maximum absolute atomic E-state index is 12.7. The molecule has 6 aromatic rings. The van der Waals surface area contributed by atoms with Gasteiger partial charge in [0.1, 0.15) is 0 Å². The smallest absolute Gasteiger partial charge is 0.350 e. The summed E-state index contributed by atoms with van der Waals surface area (Å²) < 4.78 is 104. The number of piperazine rings is 2. The van der Waals surface area contributed by atoms with Crippen LogP contribution in [0.1, 0.15) is 29.2 Å². The molecule has 0 radical (unpaired) electrons. The average molecular weight is 792 g/mol. The Hall–Kier alpha value is -4.33. The molecule has 0 amide bonds. The number of hydrogen-bond acceptors (Lipinski definition) is 8. The number of benzene rings is 2. The molecule has 6 heterocycles. The molecule has 0 atom stereocenters. The van der Waals surface area contributed by atoms with Crippen LogP contribution >= 0.6 is 35.6 Å². The molecule has 2 aliphatic heterocycles. The van der Waals surface area contributed by atoms with Gasteiger partial charge in [0.15, 0.2) is 11.3 Å². The number of aryl methyl sites for hydroxylation is 2. The standard InChI is InChI=1S/2C19H22ClN5O.ClH/c2*20-16-5-3-6-17(15-16)23-13-11-22(12-14-23)8-4-10-25-19(26)24-9-2-1-7-18(24)21-25;/h2*1-3,5-7,9,15H,4,8,10-14H2;1H/i2*4D2,8D2,10D2;. The molecular weight excluding hydrogens is 735 g/mol. The lowest BCUT2D eigenvalue weighted by molar-refractivity contribution is 0.248. The van der Waals surface area contributed by atoms with E-state index in [-0.39, 0.29) is 49.9 Å². The van der Waals surface area contributed by atoms with Crippen molar-refractivity contribution in [3.63, 3.8) is 0 Å². The van der Waals surface area contributed by atoms with Gasteiger partial charge >= 0.3 is 11.4 Å². The first kappa shape index (κ1) is 25.6. The quantitative estimate of drug-likeness (QED) is 0.189. The minimum atomic E-state index is -3.10. The van der Waals surface area contributed by atoms with Gasteiger partial charge in [0.05, 0.1) is 5.48 Å². The third-order valence-electron chi connectivity index (χ3n) is 8.51. The van der Waals surface area contributed by atoms with E-state index < -0.39 is 50.1 Å². The number of halogens is 3. The number of aromatic nitrogens is 6. The lowest BCUT2D eigenvalue weighted by Crippen LogP contribution is -2.46. The highest BCUT2D eigenvalue weighted by Gasteiger charge is 2.19. The minimum absolute atomic E-state index is 0. The van der Waals surface area contributed by atoms with Crippen LogP contribution in [0, 0.1) is 0 Å². The maximum Gasteiger partial charge on any atom is 0.350 e. The summed E-state index contributed by atoms with van der Waals surface area (Å²) >= 11 is 12.1. The van der Waals surface area contributed by atoms with Crippen LogP contribution in [0.2, 0.25) is 10.0 Å². The Kier molecular flexibility index (Phi) is 8.77. The van der Waals surface area contributed by atoms with Gasteiger partial charge in [-0.2, -0.15) is 0 Å². The zero-order chi connectivity index (χ0) is 46.6. The predicted octanol–water partition coefficient (Wildman–Crippen LogP) is 5.15. The Bertz CT molecular complexity index is 2570. The predicted molar refractivity (Wildman–Crippen MR) is 216 cm³/mol. The Morgan fingerprint density at radius 3 is 1.34 bits per heavy atom. The molecule has 2 saturated heterocycles. The third kappa shape index (κ3) is 9.62. The second-order valence-electron chi connectivity index (χ2n) is 11.9. The van der Waals surface area contributed by atoms with Crippen LogP contribution in [0.5, 0.6) is 0 Å². The zero-order valence-corrected chi connectivity index (χ0v) is 30.7. The van der Waals surface area contributed by atoms with Crippen LogP contribution < -0.4 is 21.2 Å². The van der Waals surface area contributed by atoms with E-state index in [0.29, 0.717) is 45.6 Å². The van der Waals surface area contributed by atoms with Gasteiger partial charge in [-0.05, 0) is 73.4 Å². The topological polar surface area (TPSA) is 91.6 Å². The number of pyridine rings is 2. The molecule has 0 unspecified atom stereocenters. The van der Waals surface area contributed by atoms with Crippen LogP contribution in [-0.2, 0) is 13.0 Å². The summed E-state index contributed by atoms with van der Waals surface area (Å²) in [5, 5.41) is 9.00. The summed E-state index contributed by atoms with van der Waals surface area (Å²) in [4.78, 5) is 31.9. The van der Waals surface area contributed by atoms with Crippen LogP contribution in [0.15, 0.2) is 107 Å². The number of fused-ring (bicyclic) bond motifs is 2. The normalized spacial score (nSPS) is 20.3. The van der Waals surface area contributed by atoms with Crippen molar-refractivity contribution in [2.75, 3.05) is 75.2 Å². The second-order valence-corrected chi connectivity index (χ2v) is 12.7. The molecule has 280 valence electrons. The van der Waals surface area contributed by atoms with Gasteiger partial charge in [-0.1, -0.05) is 47.5 Å². The van der Waals surface area contributed by atoms with Crippen molar-refractivity contribution >= 4 is 58.3 Å². The minimum Gasteiger partial charge on any atom is -0.369 e. The summed E-state index contributed by atoms with van der Waals surface area (Å²) in [6, 6.07) is 23.9. The van der Waals surface area contributed by atoms with Gasteiger partial charge in [0.25, 0.3) is 0 Å². The summed E-state index contributed by atoms with van der Waals surface area (Å²) in [5.41, 5.74) is 0.299. The van der Waals surface area contributed by atoms with Gasteiger partial charge in [-0.15, -0.1) is 22.6 Å². The fourth-order valence-electron chi connectivity index (χ4n) is 5.81. The molecule has 53 heavy (non-hydrogen) atoms. The number of anilines is 2. The molecule has 12 nitrogen and oxygen atoms in total. The first-order chi connectivity index (χ1) is 29.9. The molecule has 0 bridgehead atoms. The van der Waals surface area contributed by atoms with Crippen molar-refractivity contribution in [2.24, 2.45) is 0 Å². The van der Waals surface area contributed by atoms with E-state index in [1.54, 1.807) is 48.5 Å². The summed E-state index contributed by atoms with van der Waals surface area (Å²) in [7, 11) is 0. The van der Waals surface area contributed by atoms with E-state index in [9.17, 15) is 9.59 Å². The third-order valence-corrected chi connectivity index (χ3v) is 8.98. The van der Waals surface area contributed by atoms with E-state index in [1.165, 1.54) is 34.3 Å². The van der Waals surface area contributed by atoms with Gasteiger partial charge in [0.2, 0.25) is 0 Å². The Morgan fingerprint density at radius 2 is 0.962 bits per heavy atom. The van der Waals surface area contributed by atoms with Crippen molar-refractivity contribution in [2.45, 2.75) is 25.7 Å². The number of rotatable bonds is 10. The molecule has 4 aromatic heterocycles. The lowest BCUT2D eigenvalue weighted by Gasteiger charge is -2.36. The van der Waals surface area contributed by atoms with Gasteiger partial charge in [0, 0.05) is 123 Å². The van der Waals surface area contributed by atoms with E-state index in [1.807, 2.05) is 34.1 Å². The summed E-state index contributed by atoms with van der Waals surface area (Å²) in [6.45, 7) is -9.25. The van der Waals surface area contributed by atoms with E-state index >= 15 is 0 Å². The second kappa shape index (κ2) is 18.1. The molecule has 2 aromatic carbocycles. The molecule has 0 aliphatic carbocycles. The van der Waals surface area contributed by atoms with Crippen molar-refractivity contribution in [3.05, 3.63) is 128 Å². The zero-order valence-electron chi connectivity index (χ0n) is 40.3. The lowest BCUT2D eigenvalue weighted by atomic mass is 10.2. The molecule has 0 spiro atoms. The SMILES string of the molecule is Cl.[2H]C([2H])(N1CCN(c2cccc(Cl)c2)CC1)C([2H])([2H])C([2H])([2H])n1nc2ccccn2c1=O.[2H]C([2H])(N1CCN(c2cccc(Cl)c2)CC1)C([2H])([2H])C([2H])([2H])n1nc2ccccn2c1=O. The Labute approximate surface area is 341 Å². The molecular formula is C38H45Cl3N10O2. The molecule has 0 N–H and O–H groups in total. The van der Waals surface area contributed by atoms with Crippen LogP contribution in [0.3, 0.4) is 0 Å². The van der Waals surface area contributed by atoms with Crippen LogP contribution in [-0.4, -0.2) is 104 Å².